The standard InChI is InChI=1S/C21H20N2O4/c1-22-20(24)16-7-5-6-15(12-16)13-23-21(25)19-17(10-11-26-19)14-27-18-8-3-2-4-9-18/h2-12H,13-14H2,1H3,(H,22,24)(H,23,25). The monoisotopic (exact) mass is 364 g/mol. The van der Waals surface area contributed by atoms with Gasteiger partial charge in [0, 0.05) is 24.7 Å². The van der Waals surface area contributed by atoms with E-state index in [1.807, 2.05) is 36.4 Å². The van der Waals surface area contributed by atoms with Crippen molar-refractivity contribution in [1.29, 1.82) is 0 Å². The summed E-state index contributed by atoms with van der Waals surface area (Å²) in [4.78, 5) is 24.1. The van der Waals surface area contributed by atoms with E-state index in [0.29, 0.717) is 11.1 Å². The van der Waals surface area contributed by atoms with Crippen molar-refractivity contribution in [2.75, 3.05) is 7.05 Å². The number of rotatable bonds is 7. The van der Waals surface area contributed by atoms with Crippen LogP contribution in [0.2, 0.25) is 0 Å². The van der Waals surface area contributed by atoms with Crippen LogP contribution in [0, 0.1) is 0 Å². The average Bonchev–Trinajstić information content (AvgIpc) is 3.19. The molecule has 0 aliphatic rings. The van der Waals surface area contributed by atoms with Crippen molar-refractivity contribution in [3.63, 3.8) is 0 Å². The van der Waals surface area contributed by atoms with Gasteiger partial charge in [0.05, 0.1) is 6.26 Å². The van der Waals surface area contributed by atoms with Crippen molar-refractivity contribution in [2.45, 2.75) is 13.2 Å². The Hall–Kier alpha value is -3.54. The minimum atomic E-state index is -0.336. The van der Waals surface area contributed by atoms with E-state index in [0.717, 1.165) is 11.3 Å². The Bertz CT molecular complexity index is 919. The summed E-state index contributed by atoms with van der Waals surface area (Å²) >= 11 is 0. The van der Waals surface area contributed by atoms with Crippen LogP contribution in [0.1, 0.15) is 32.0 Å². The predicted molar refractivity (Wildman–Crippen MR) is 100 cm³/mol. The van der Waals surface area contributed by atoms with E-state index in [2.05, 4.69) is 10.6 Å². The quantitative estimate of drug-likeness (QED) is 0.675. The number of amides is 2. The molecule has 0 unspecified atom stereocenters. The fourth-order valence-corrected chi connectivity index (χ4v) is 2.56. The zero-order valence-electron chi connectivity index (χ0n) is 14.9. The molecule has 0 aliphatic carbocycles. The lowest BCUT2D eigenvalue weighted by atomic mass is 10.1. The zero-order chi connectivity index (χ0) is 19.1. The summed E-state index contributed by atoms with van der Waals surface area (Å²) in [6.45, 7) is 0.513. The van der Waals surface area contributed by atoms with Gasteiger partial charge < -0.3 is 19.8 Å². The number of hydrogen-bond acceptors (Lipinski definition) is 4. The van der Waals surface area contributed by atoms with Crippen LogP contribution in [-0.4, -0.2) is 18.9 Å². The van der Waals surface area contributed by atoms with Crippen LogP contribution in [0.15, 0.2) is 71.3 Å². The van der Waals surface area contributed by atoms with Gasteiger partial charge in [0.1, 0.15) is 12.4 Å². The molecule has 0 bridgehead atoms. The predicted octanol–water partition coefficient (Wildman–Crippen LogP) is 3.15. The second-order valence-corrected chi connectivity index (χ2v) is 5.84. The molecule has 1 heterocycles. The maximum absolute atomic E-state index is 12.4. The largest absolute Gasteiger partial charge is 0.489 e. The Morgan fingerprint density at radius 2 is 1.81 bits per heavy atom. The zero-order valence-corrected chi connectivity index (χ0v) is 14.9. The number of ether oxygens (including phenoxy) is 1. The van der Waals surface area contributed by atoms with Crippen LogP contribution >= 0.6 is 0 Å². The molecule has 1 aromatic heterocycles. The molecule has 3 rings (SSSR count). The molecule has 0 spiro atoms. The summed E-state index contributed by atoms with van der Waals surface area (Å²) < 4.78 is 11.0. The Labute approximate surface area is 157 Å². The average molecular weight is 364 g/mol. The Kier molecular flexibility index (Phi) is 5.89. The topological polar surface area (TPSA) is 80.6 Å². The summed E-state index contributed by atoms with van der Waals surface area (Å²) in [5.41, 5.74) is 2.02. The molecular weight excluding hydrogens is 344 g/mol. The number of carbonyl (C=O) groups excluding carboxylic acids is 2. The van der Waals surface area contributed by atoms with E-state index in [4.69, 9.17) is 9.15 Å². The third-order valence-corrected chi connectivity index (χ3v) is 3.96. The summed E-state index contributed by atoms with van der Waals surface area (Å²) in [6, 6.07) is 18.1. The lowest BCUT2D eigenvalue weighted by Gasteiger charge is -2.08. The number of para-hydroxylation sites is 1. The first-order chi connectivity index (χ1) is 13.2. The molecule has 6 heteroatoms. The van der Waals surface area contributed by atoms with Gasteiger partial charge in [0.2, 0.25) is 0 Å². The molecule has 0 saturated carbocycles. The summed E-state index contributed by atoms with van der Waals surface area (Å²) in [5, 5.41) is 5.38. The Balaban J connectivity index is 1.60. The minimum absolute atomic E-state index is 0.172. The molecule has 0 aliphatic heterocycles. The van der Waals surface area contributed by atoms with Gasteiger partial charge in [-0.25, -0.2) is 0 Å². The maximum Gasteiger partial charge on any atom is 0.287 e. The van der Waals surface area contributed by atoms with Crippen LogP contribution in [0.4, 0.5) is 0 Å². The fourth-order valence-electron chi connectivity index (χ4n) is 2.56. The van der Waals surface area contributed by atoms with Gasteiger partial charge >= 0.3 is 0 Å². The van der Waals surface area contributed by atoms with Crippen LogP contribution < -0.4 is 15.4 Å². The highest BCUT2D eigenvalue weighted by molar-refractivity contribution is 5.94. The highest BCUT2D eigenvalue weighted by Gasteiger charge is 2.16. The molecule has 2 aromatic carbocycles. The lowest BCUT2D eigenvalue weighted by molar-refractivity contribution is 0.0919. The Morgan fingerprint density at radius 1 is 1.00 bits per heavy atom. The second-order valence-electron chi connectivity index (χ2n) is 5.84. The van der Waals surface area contributed by atoms with Crippen LogP contribution in [0.5, 0.6) is 5.75 Å². The highest BCUT2D eigenvalue weighted by atomic mass is 16.5. The molecule has 0 fully saturated rings. The lowest BCUT2D eigenvalue weighted by Crippen LogP contribution is -2.24. The van der Waals surface area contributed by atoms with E-state index in [9.17, 15) is 9.59 Å². The number of hydrogen-bond donors (Lipinski definition) is 2. The van der Waals surface area contributed by atoms with Gasteiger partial charge in [0.25, 0.3) is 11.8 Å². The number of nitrogens with one attached hydrogen (secondary N) is 2. The third kappa shape index (κ3) is 4.76. The van der Waals surface area contributed by atoms with E-state index >= 15 is 0 Å². The van der Waals surface area contributed by atoms with E-state index < -0.39 is 0 Å². The Morgan fingerprint density at radius 3 is 2.59 bits per heavy atom. The van der Waals surface area contributed by atoms with Gasteiger partial charge in [-0.2, -0.15) is 0 Å². The molecule has 27 heavy (non-hydrogen) atoms. The van der Waals surface area contributed by atoms with E-state index in [1.54, 1.807) is 31.3 Å². The normalized spacial score (nSPS) is 10.3. The summed E-state index contributed by atoms with van der Waals surface area (Å²) in [7, 11) is 1.58. The number of furan rings is 1. The maximum atomic E-state index is 12.4. The first-order valence-corrected chi connectivity index (χ1v) is 8.51. The molecule has 0 atom stereocenters. The molecular formula is C21H20N2O4. The molecule has 2 amide bonds. The van der Waals surface area contributed by atoms with Crippen LogP contribution in [-0.2, 0) is 13.2 Å². The van der Waals surface area contributed by atoms with Crippen molar-refractivity contribution < 1.29 is 18.7 Å². The molecule has 6 nitrogen and oxygen atoms in total. The van der Waals surface area contributed by atoms with Crippen LogP contribution in [0.3, 0.4) is 0 Å². The van der Waals surface area contributed by atoms with Crippen molar-refractivity contribution in [1.82, 2.24) is 10.6 Å². The first-order valence-electron chi connectivity index (χ1n) is 8.51. The smallest absolute Gasteiger partial charge is 0.287 e. The van der Waals surface area contributed by atoms with Gasteiger partial charge in [-0.1, -0.05) is 30.3 Å². The number of benzene rings is 2. The SMILES string of the molecule is CNC(=O)c1cccc(CNC(=O)c2occc2COc2ccccc2)c1. The number of carbonyl (C=O) groups is 2. The van der Waals surface area contributed by atoms with Gasteiger partial charge in [-0.3, -0.25) is 9.59 Å². The summed E-state index contributed by atoms with van der Waals surface area (Å²) in [5.74, 6) is 0.427. The van der Waals surface area contributed by atoms with Crippen molar-refractivity contribution in [3.8, 4) is 5.75 Å². The molecule has 0 saturated heterocycles. The van der Waals surface area contributed by atoms with Gasteiger partial charge in [-0.15, -0.1) is 0 Å². The minimum Gasteiger partial charge on any atom is -0.489 e. The van der Waals surface area contributed by atoms with E-state index in [1.165, 1.54) is 6.26 Å². The van der Waals surface area contributed by atoms with Crippen molar-refractivity contribution >= 4 is 11.8 Å². The second kappa shape index (κ2) is 8.71. The van der Waals surface area contributed by atoms with Crippen molar-refractivity contribution in [2.24, 2.45) is 0 Å². The summed E-state index contributed by atoms with van der Waals surface area (Å²) in [6.07, 6.45) is 1.46. The third-order valence-electron chi connectivity index (χ3n) is 3.96. The first kappa shape index (κ1) is 18.3. The highest BCUT2D eigenvalue weighted by Crippen LogP contribution is 2.16. The van der Waals surface area contributed by atoms with E-state index in [-0.39, 0.29) is 30.7 Å². The molecule has 0 radical (unpaired) electrons. The van der Waals surface area contributed by atoms with Gasteiger partial charge in [0.15, 0.2) is 5.76 Å². The molecule has 2 N–H and O–H groups in total. The molecule has 138 valence electrons. The fraction of sp³-hybridized carbons (Fsp3) is 0.143. The van der Waals surface area contributed by atoms with Crippen LogP contribution in [0.25, 0.3) is 0 Å². The van der Waals surface area contributed by atoms with Crippen molar-refractivity contribution in [3.05, 3.63) is 89.4 Å². The molecule has 3 aromatic rings. The van der Waals surface area contributed by atoms with Gasteiger partial charge in [-0.05, 0) is 35.9 Å².